The summed E-state index contributed by atoms with van der Waals surface area (Å²) in [6.07, 6.45) is 4.05. The summed E-state index contributed by atoms with van der Waals surface area (Å²) in [6, 6.07) is 7.26. The molecule has 1 aliphatic heterocycles. The van der Waals surface area contributed by atoms with E-state index >= 15 is 0 Å². The molecule has 3 rings (SSSR count). The number of ether oxygens (including phenoxy) is 1. The van der Waals surface area contributed by atoms with E-state index in [1.807, 2.05) is 43.1 Å². The Hall–Kier alpha value is -2.41. The van der Waals surface area contributed by atoms with E-state index in [0.29, 0.717) is 29.4 Å². The zero-order valence-corrected chi connectivity index (χ0v) is 16.1. The lowest BCUT2D eigenvalue weighted by atomic mass is 9.93. The first-order valence-corrected chi connectivity index (χ1v) is 9.67. The largest absolute Gasteiger partial charge is 0.485 e. The van der Waals surface area contributed by atoms with Crippen LogP contribution in [-0.2, 0) is 13.0 Å². The maximum Gasteiger partial charge on any atom is 0.253 e. The normalized spacial score (nSPS) is 15.1. The number of carbonyl (C=O) groups excluding carboxylic acids is 1. The van der Waals surface area contributed by atoms with Crippen molar-refractivity contribution in [3.63, 3.8) is 0 Å². The Kier molecular flexibility index (Phi) is 6.81. The molecule has 1 amide bonds. The molecule has 1 aromatic heterocycles. The first-order valence-electron chi connectivity index (χ1n) is 9.67. The highest BCUT2D eigenvalue weighted by molar-refractivity contribution is 5.94. The van der Waals surface area contributed by atoms with Crippen molar-refractivity contribution in [2.45, 2.75) is 39.2 Å². The number of piperidine rings is 1. The fraction of sp³-hybridized carbons (Fsp3) is 0.550. The Morgan fingerprint density at radius 3 is 2.67 bits per heavy atom. The van der Waals surface area contributed by atoms with Crippen LogP contribution < -0.4 is 10.1 Å². The first kappa shape index (κ1) is 19.4. The van der Waals surface area contributed by atoms with Crippen molar-refractivity contribution in [2.24, 2.45) is 5.92 Å². The quantitative estimate of drug-likeness (QED) is 0.767. The second kappa shape index (κ2) is 9.50. The number of benzene rings is 1. The molecule has 1 aliphatic rings. The fourth-order valence-electron chi connectivity index (χ4n) is 3.29. The van der Waals surface area contributed by atoms with Gasteiger partial charge in [0.2, 0.25) is 11.7 Å². The van der Waals surface area contributed by atoms with Crippen molar-refractivity contribution in [3.05, 3.63) is 41.5 Å². The molecule has 0 bridgehead atoms. The molecular weight excluding hydrogens is 344 g/mol. The maximum absolute atomic E-state index is 12.7. The van der Waals surface area contributed by atoms with E-state index < -0.39 is 0 Å². The molecular formula is C20H28N4O3. The topological polar surface area (TPSA) is 80.5 Å². The molecule has 0 saturated carbocycles. The maximum atomic E-state index is 12.7. The van der Waals surface area contributed by atoms with E-state index in [-0.39, 0.29) is 12.5 Å². The second-order valence-corrected chi connectivity index (χ2v) is 6.90. The van der Waals surface area contributed by atoms with E-state index in [9.17, 15) is 4.79 Å². The summed E-state index contributed by atoms with van der Waals surface area (Å²) in [5, 5.41) is 7.06. The summed E-state index contributed by atoms with van der Waals surface area (Å²) in [4.78, 5) is 18.9. The highest BCUT2D eigenvalue weighted by Crippen LogP contribution is 2.22. The van der Waals surface area contributed by atoms with Crippen LogP contribution in [0.1, 0.15) is 48.3 Å². The van der Waals surface area contributed by atoms with Crippen molar-refractivity contribution in [2.75, 3.05) is 26.7 Å². The van der Waals surface area contributed by atoms with E-state index in [4.69, 9.17) is 9.26 Å². The molecule has 2 aromatic rings. The van der Waals surface area contributed by atoms with Gasteiger partial charge in [0.15, 0.2) is 6.61 Å². The van der Waals surface area contributed by atoms with Gasteiger partial charge in [-0.25, -0.2) is 0 Å². The van der Waals surface area contributed by atoms with Crippen LogP contribution in [0.5, 0.6) is 5.75 Å². The third kappa shape index (κ3) is 5.29. The molecule has 1 aromatic carbocycles. The molecule has 1 N–H and O–H groups in total. The summed E-state index contributed by atoms with van der Waals surface area (Å²) < 4.78 is 10.7. The minimum absolute atomic E-state index is 0.0966. The number of likely N-dealkylation sites (tertiary alicyclic amines) is 1. The van der Waals surface area contributed by atoms with Gasteiger partial charge in [-0.1, -0.05) is 12.1 Å². The standard InChI is InChI=1S/C20H28N4O3/c1-3-19-22-18(23-27-19)14-26-17-6-4-16(5-7-17)20(25)24-12-9-15(10-13-24)8-11-21-2/h4-7,15,21H,3,8-14H2,1-2H3. The average Bonchev–Trinajstić information content (AvgIpc) is 3.19. The number of aromatic nitrogens is 2. The van der Waals surface area contributed by atoms with Gasteiger partial charge in [0.05, 0.1) is 0 Å². The zero-order valence-electron chi connectivity index (χ0n) is 16.1. The number of nitrogens with one attached hydrogen (secondary N) is 1. The predicted octanol–water partition coefficient (Wildman–Crippen LogP) is 2.67. The molecule has 7 heteroatoms. The van der Waals surface area contributed by atoms with Gasteiger partial charge in [-0.2, -0.15) is 4.98 Å². The SMILES string of the molecule is CCc1nc(COc2ccc(C(=O)N3CCC(CCNC)CC3)cc2)no1. The van der Waals surface area contributed by atoms with Gasteiger partial charge in [0.25, 0.3) is 5.91 Å². The van der Waals surface area contributed by atoms with Crippen molar-refractivity contribution < 1.29 is 14.1 Å². The van der Waals surface area contributed by atoms with E-state index in [1.165, 1.54) is 6.42 Å². The highest BCUT2D eigenvalue weighted by Gasteiger charge is 2.23. The minimum atomic E-state index is 0.0966. The summed E-state index contributed by atoms with van der Waals surface area (Å²) in [5.41, 5.74) is 0.698. The molecule has 1 saturated heterocycles. The van der Waals surface area contributed by atoms with Gasteiger partial charge < -0.3 is 19.5 Å². The number of aryl methyl sites for hydroxylation is 1. The minimum Gasteiger partial charge on any atom is -0.485 e. The monoisotopic (exact) mass is 372 g/mol. The van der Waals surface area contributed by atoms with Crippen LogP contribution in [0.25, 0.3) is 0 Å². The van der Waals surface area contributed by atoms with Gasteiger partial charge in [-0.05, 0) is 63.0 Å². The molecule has 2 heterocycles. The third-order valence-electron chi connectivity index (χ3n) is 4.99. The highest BCUT2D eigenvalue weighted by atomic mass is 16.5. The Labute approximate surface area is 160 Å². The zero-order chi connectivity index (χ0) is 19.1. The lowest BCUT2D eigenvalue weighted by Crippen LogP contribution is -2.38. The van der Waals surface area contributed by atoms with Gasteiger partial charge in [-0.15, -0.1) is 0 Å². The van der Waals surface area contributed by atoms with Crippen LogP contribution in [0.4, 0.5) is 0 Å². The molecule has 7 nitrogen and oxygen atoms in total. The van der Waals surface area contributed by atoms with Crippen molar-refractivity contribution >= 4 is 5.91 Å². The van der Waals surface area contributed by atoms with Gasteiger partial charge in [-0.3, -0.25) is 4.79 Å². The second-order valence-electron chi connectivity index (χ2n) is 6.90. The fourth-order valence-corrected chi connectivity index (χ4v) is 3.29. The number of hydrogen-bond donors (Lipinski definition) is 1. The third-order valence-corrected chi connectivity index (χ3v) is 4.99. The number of amides is 1. The lowest BCUT2D eigenvalue weighted by molar-refractivity contribution is 0.0687. The number of hydrogen-bond acceptors (Lipinski definition) is 6. The predicted molar refractivity (Wildman–Crippen MR) is 102 cm³/mol. The first-order chi connectivity index (χ1) is 13.2. The molecule has 1 fully saturated rings. The Morgan fingerprint density at radius 2 is 2.04 bits per heavy atom. The van der Waals surface area contributed by atoms with Gasteiger partial charge in [0, 0.05) is 25.1 Å². The molecule has 0 radical (unpaired) electrons. The van der Waals surface area contributed by atoms with Crippen molar-refractivity contribution in [1.29, 1.82) is 0 Å². The summed E-state index contributed by atoms with van der Waals surface area (Å²) in [7, 11) is 1.98. The Balaban J connectivity index is 1.48. The van der Waals surface area contributed by atoms with Crippen LogP contribution >= 0.6 is 0 Å². The molecule has 0 aliphatic carbocycles. The summed E-state index contributed by atoms with van der Waals surface area (Å²) >= 11 is 0. The van der Waals surface area contributed by atoms with Crippen molar-refractivity contribution in [1.82, 2.24) is 20.4 Å². The average molecular weight is 372 g/mol. The van der Waals surface area contributed by atoms with E-state index in [0.717, 1.165) is 38.4 Å². The van der Waals surface area contributed by atoms with Crippen LogP contribution in [0, 0.1) is 5.92 Å². The van der Waals surface area contributed by atoms with E-state index in [2.05, 4.69) is 15.5 Å². The number of carbonyl (C=O) groups is 1. The van der Waals surface area contributed by atoms with Crippen LogP contribution in [0.2, 0.25) is 0 Å². The van der Waals surface area contributed by atoms with E-state index in [1.54, 1.807) is 0 Å². The number of rotatable bonds is 8. The number of nitrogens with zero attached hydrogens (tertiary/aromatic N) is 3. The molecule has 0 atom stereocenters. The van der Waals surface area contributed by atoms with Gasteiger partial charge in [0.1, 0.15) is 5.75 Å². The van der Waals surface area contributed by atoms with Crippen LogP contribution in [0.3, 0.4) is 0 Å². The van der Waals surface area contributed by atoms with Crippen LogP contribution in [0.15, 0.2) is 28.8 Å². The smallest absolute Gasteiger partial charge is 0.253 e. The van der Waals surface area contributed by atoms with Crippen LogP contribution in [-0.4, -0.2) is 47.6 Å². The van der Waals surface area contributed by atoms with Crippen molar-refractivity contribution in [3.8, 4) is 5.75 Å². The molecule has 27 heavy (non-hydrogen) atoms. The Morgan fingerprint density at radius 1 is 1.30 bits per heavy atom. The summed E-state index contributed by atoms with van der Waals surface area (Å²) in [6.45, 7) is 4.92. The lowest BCUT2D eigenvalue weighted by Gasteiger charge is -2.32. The molecule has 0 unspecified atom stereocenters. The summed E-state index contributed by atoms with van der Waals surface area (Å²) in [5.74, 6) is 2.62. The molecule has 146 valence electrons. The van der Waals surface area contributed by atoms with Gasteiger partial charge >= 0.3 is 0 Å². The Bertz CT molecular complexity index is 721. The molecule has 0 spiro atoms.